The van der Waals surface area contributed by atoms with Gasteiger partial charge in [-0.05, 0) is 35.9 Å². The van der Waals surface area contributed by atoms with Gasteiger partial charge in [-0.25, -0.2) is 4.98 Å². The lowest BCUT2D eigenvalue weighted by Gasteiger charge is -2.23. The lowest BCUT2D eigenvalue weighted by molar-refractivity contribution is -0.132. The first-order valence-electron chi connectivity index (χ1n) is 9.40. The van der Waals surface area contributed by atoms with Crippen LogP contribution in [-0.4, -0.2) is 35.0 Å². The normalized spacial score (nSPS) is 19.6. The van der Waals surface area contributed by atoms with E-state index in [4.69, 9.17) is 9.47 Å². The number of carbonyl (C=O) groups excluding carboxylic acids is 2. The highest BCUT2D eigenvalue weighted by Gasteiger charge is 2.48. The number of anilines is 1. The quantitative estimate of drug-likeness (QED) is 0.329. The Labute approximate surface area is 189 Å². The van der Waals surface area contributed by atoms with Crippen molar-refractivity contribution in [2.45, 2.75) is 6.04 Å². The number of aliphatic hydroxyl groups excluding tert-OH is 1. The number of nitrogens with zero attached hydrogens (tertiary/aromatic N) is 2. The minimum absolute atomic E-state index is 0.00465. The summed E-state index contributed by atoms with van der Waals surface area (Å²) in [4.78, 5) is 31.6. The Hall–Kier alpha value is -3.17. The molecule has 1 amide bonds. The number of rotatable bonds is 3. The molecule has 3 heterocycles. The van der Waals surface area contributed by atoms with Crippen molar-refractivity contribution in [3.05, 3.63) is 75.2 Å². The van der Waals surface area contributed by atoms with E-state index in [1.165, 1.54) is 16.2 Å². The highest BCUT2D eigenvalue weighted by molar-refractivity contribution is 9.10. The van der Waals surface area contributed by atoms with Crippen LogP contribution in [0.5, 0.6) is 11.5 Å². The van der Waals surface area contributed by atoms with Gasteiger partial charge in [-0.15, -0.1) is 11.3 Å². The second-order valence-corrected chi connectivity index (χ2v) is 8.69. The molecule has 0 aliphatic carbocycles. The van der Waals surface area contributed by atoms with Gasteiger partial charge in [-0.2, -0.15) is 0 Å². The van der Waals surface area contributed by atoms with E-state index in [-0.39, 0.29) is 11.3 Å². The van der Waals surface area contributed by atoms with Gasteiger partial charge >= 0.3 is 5.91 Å². The van der Waals surface area contributed by atoms with Crippen LogP contribution in [0.3, 0.4) is 0 Å². The number of hydrogen-bond donors (Lipinski definition) is 1. The van der Waals surface area contributed by atoms with E-state index in [9.17, 15) is 14.7 Å². The molecule has 0 bridgehead atoms. The third-order valence-electron chi connectivity index (χ3n) is 5.05. The van der Waals surface area contributed by atoms with E-state index in [1.54, 1.807) is 35.8 Å². The average Bonchev–Trinajstić information content (AvgIpc) is 3.40. The second kappa shape index (κ2) is 7.82. The van der Waals surface area contributed by atoms with Gasteiger partial charge in [0, 0.05) is 21.6 Å². The summed E-state index contributed by atoms with van der Waals surface area (Å²) in [5.41, 5.74) is 1.03. The maximum absolute atomic E-state index is 13.1. The molecule has 1 unspecified atom stereocenters. The van der Waals surface area contributed by atoms with Crippen LogP contribution >= 0.6 is 27.3 Å². The third-order valence-corrected chi connectivity index (χ3v) is 6.31. The molecule has 1 aromatic heterocycles. The lowest BCUT2D eigenvalue weighted by Crippen LogP contribution is -2.29. The third kappa shape index (κ3) is 3.39. The zero-order chi connectivity index (χ0) is 21.5. The average molecular weight is 499 g/mol. The maximum atomic E-state index is 13.1. The first-order chi connectivity index (χ1) is 15.0. The molecule has 5 rings (SSSR count). The molecule has 7 nitrogen and oxygen atoms in total. The molecule has 0 saturated carbocycles. The predicted octanol–water partition coefficient (Wildman–Crippen LogP) is 4.30. The van der Waals surface area contributed by atoms with Crippen molar-refractivity contribution in [1.29, 1.82) is 0 Å². The summed E-state index contributed by atoms with van der Waals surface area (Å²) < 4.78 is 11.9. The molecule has 9 heteroatoms. The van der Waals surface area contributed by atoms with Gasteiger partial charge in [0.2, 0.25) is 0 Å². The molecule has 1 atom stereocenters. The van der Waals surface area contributed by atoms with Crippen molar-refractivity contribution < 1.29 is 24.2 Å². The monoisotopic (exact) mass is 498 g/mol. The molecule has 1 saturated heterocycles. The molecule has 0 spiro atoms. The molecule has 2 aliphatic rings. The van der Waals surface area contributed by atoms with Crippen molar-refractivity contribution >= 4 is 49.8 Å². The highest BCUT2D eigenvalue weighted by Crippen LogP contribution is 2.44. The van der Waals surface area contributed by atoms with Crippen molar-refractivity contribution in [3.8, 4) is 11.5 Å². The number of thiazole rings is 1. The summed E-state index contributed by atoms with van der Waals surface area (Å²) in [5.74, 6) is -0.746. The number of ether oxygens (including phenoxy) is 2. The SMILES string of the molecule is O=C1C(=O)N(c2nccs2)C(c2cccc(Br)c2)C1=C(O)c1ccc2c(c1)OCCO2. The molecule has 1 N–H and O–H groups in total. The van der Waals surface area contributed by atoms with Gasteiger partial charge in [0.25, 0.3) is 5.78 Å². The Kier molecular flexibility index (Phi) is 4.99. The van der Waals surface area contributed by atoms with Crippen molar-refractivity contribution in [2.75, 3.05) is 18.1 Å². The maximum Gasteiger partial charge on any atom is 0.301 e. The summed E-state index contributed by atoms with van der Waals surface area (Å²) in [6.45, 7) is 0.837. The molecule has 156 valence electrons. The van der Waals surface area contributed by atoms with Crippen LogP contribution < -0.4 is 14.4 Å². The molecular formula is C22H15BrN2O5S. The second-order valence-electron chi connectivity index (χ2n) is 6.90. The summed E-state index contributed by atoms with van der Waals surface area (Å²) in [5, 5.41) is 13.3. The van der Waals surface area contributed by atoms with Gasteiger partial charge in [-0.3, -0.25) is 14.5 Å². The number of fused-ring (bicyclic) bond motifs is 1. The largest absolute Gasteiger partial charge is 0.507 e. The fourth-order valence-electron chi connectivity index (χ4n) is 3.70. The number of carbonyl (C=O) groups is 2. The van der Waals surface area contributed by atoms with Crippen molar-refractivity contribution in [1.82, 2.24) is 4.98 Å². The number of hydrogen-bond acceptors (Lipinski definition) is 7. The smallest absolute Gasteiger partial charge is 0.301 e. The predicted molar refractivity (Wildman–Crippen MR) is 118 cm³/mol. The molecule has 2 aliphatic heterocycles. The molecule has 2 aromatic carbocycles. The number of amides is 1. The van der Waals surface area contributed by atoms with E-state index >= 15 is 0 Å². The number of aromatic nitrogens is 1. The topological polar surface area (TPSA) is 89.0 Å². The molecular weight excluding hydrogens is 484 g/mol. The summed E-state index contributed by atoms with van der Waals surface area (Å²) >= 11 is 4.69. The van der Waals surface area contributed by atoms with E-state index in [2.05, 4.69) is 20.9 Å². The van der Waals surface area contributed by atoms with Crippen molar-refractivity contribution in [2.24, 2.45) is 0 Å². The van der Waals surface area contributed by atoms with Crippen LogP contribution in [0.15, 0.2) is 64.1 Å². The Morgan fingerprint density at radius 1 is 1.13 bits per heavy atom. The Morgan fingerprint density at radius 2 is 1.94 bits per heavy atom. The van der Waals surface area contributed by atoms with Gasteiger partial charge in [0.05, 0.1) is 11.6 Å². The first-order valence-corrected chi connectivity index (χ1v) is 11.1. The summed E-state index contributed by atoms with van der Waals surface area (Å²) in [6, 6.07) is 11.4. The summed E-state index contributed by atoms with van der Waals surface area (Å²) in [7, 11) is 0. The zero-order valence-corrected chi connectivity index (χ0v) is 18.4. The minimum atomic E-state index is -0.822. The zero-order valence-electron chi connectivity index (χ0n) is 15.9. The number of halogens is 1. The Balaban J connectivity index is 1.69. The van der Waals surface area contributed by atoms with E-state index < -0.39 is 17.7 Å². The fraction of sp³-hybridized carbons (Fsp3) is 0.136. The molecule has 0 radical (unpaired) electrons. The van der Waals surface area contributed by atoms with Crippen molar-refractivity contribution in [3.63, 3.8) is 0 Å². The van der Waals surface area contributed by atoms with Crippen LogP contribution in [0.2, 0.25) is 0 Å². The van der Waals surface area contributed by atoms with Crippen LogP contribution in [-0.2, 0) is 9.59 Å². The van der Waals surface area contributed by atoms with Crippen LogP contribution in [0.4, 0.5) is 5.13 Å². The molecule has 1 fully saturated rings. The minimum Gasteiger partial charge on any atom is -0.507 e. The number of aliphatic hydroxyl groups is 1. The van der Waals surface area contributed by atoms with Crippen LogP contribution in [0.25, 0.3) is 5.76 Å². The first kappa shape index (κ1) is 19.8. The number of benzene rings is 2. The van der Waals surface area contributed by atoms with Gasteiger partial charge < -0.3 is 14.6 Å². The Morgan fingerprint density at radius 3 is 2.68 bits per heavy atom. The standard InChI is InChI=1S/C22H15BrN2O5S/c23-14-3-1-2-12(10-14)18-17(20(27)21(28)25(18)22-24-6-9-31-22)19(26)13-4-5-15-16(11-13)30-8-7-29-15/h1-6,9-11,18,26H,7-8H2. The van der Waals surface area contributed by atoms with Gasteiger partial charge in [0.1, 0.15) is 19.0 Å². The van der Waals surface area contributed by atoms with Crippen LogP contribution in [0.1, 0.15) is 17.2 Å². The van der Waals surface area contributed by atoms with Gasteiger partial charge in [0.15, 0.2) is 16.6 Å². The fourth-order valence-corrected chi connectivity index (χ4v) is 4.79. The van der Waals surface area contributed by atoms with E-state index in [0.29, 0.717) is 41.0 Å². The Bertz CT molecular complexity index is 1220. The van der Waals surface area contributed by atoms with E-state index in [1.807, 2.05) is 18.2 Å². The van der Waals surface area contributed by atoms with E-state index in [0.717, 1.165) is 4.47 Å². The number of ketones is 1. The molecule has 3 aromatic rings. The lowest BCUT2D eigenvalue weighted by atomic mass is 9.95. The van der Waals surface area contributed by atoms with Gasteiger partial charge in [-0.1, -0.05) is 28.1 Å². The molecule has 31 heavy (non-hydrogen) atoms. The highest BCUT2D eigenvalue weighted by atomic mass is 79.9. The summed E-state index contributed by atoms with van der Waals surface area (Å²) in [6.07, 6.45) is 1.57. The number of Topliss-reactive ketones (excluding diaryl/α,β-unsaturated/α-hetero) is 1. The van der Waals surface area contributed by atoms with Crippen LogP contribution in [0, 0.1) is 0 Å².